The Bertz CT molecular complexity index is 724. The molecule has 0 fully saturated rings. The predicted molar refractivity (Wildman–Crippen MR) is 84.2 cm³/mol. The number of aryl methyl sites for hydroxylation is 2. The van der Waals surface area contributed by atoms with Gasteiger partial charge in [0.2, 0.25) is 0 Å². The van der Waals surface area contributed by atoms with Gasteiger partial charge in [0.1, 0.15) is 0 Å². The number of rotatable bonds is 3. The molecule has 20 heavy (non-hydrogen) atoms. The third kappa shape index (κ3) is 2.37. The second-order valence-electron chi connectivity index (χ2n) is 5.74. The molecule has 0 aliphatic heterocycles. The Morgan fingerprint density at radius 1 is 1.35 bits per heavy atom. The molecule has 0 spiro atoms. The molecular formula is C16H19N3S. The van der Waals surface area contributed by atoms with Gasteiger partial charge in [-0.05, 0) is 31.9 Å². The van der Waals surface area contributed by atoms with Gasteiger partial charge in [0, 0.05) is 29.7 Å². The molecule has 1 unspecified atom stereocenters. The van der Waals surface area contributed by atoms with Crippen molar-refractivity contribution in [2.75, 3.05) is 0 Å². The number of thiazole rings is 1. The minimum atomic E-state index is -0.403. The summed E-state index contributed by atoms with van der Waals surface area (Å²) in [5, 5.41) is 2.04. The van der Waals surface area contributed by atoms with E-state index in [0.29, 0.717) is 0 Å². The monoisotopic (exact) mass is 285 g/mol. The van der Waals surface area contributed by atoms with E-state index in [-0.39, 0.29) is 0 Å². The van der Waals surface area contributed by atoms with Crippen LogP contribution in [0.15, 0.2) is 36.0 Å². The van der Waals surface area contributed by atoms with Crippen molar-refractivity contribution < 1.29 is 0 Å². The van der Waals surface area contributed by atoms with Crippen molar-refractivity contribution in [2.45, 2.75) is 32.7 Å². The van der Waals surface area contributed by atoms with E-state index in [0.717, 1.165) is 17.1 Å². The molecule has 3 aromatic rings. The lowest BCUT2D eigenvalue weighted by Gasteiger charge is -2.26. The third-order valence-corrected chi connectivity index (χ3v) is 4.47. The Hall–Kier alpha value is -1.65. The van der Waals surface area contributed by atoms with Crippen LogP contribution < -0.4 is 5.73 Å². The fraction of sp³-hybridized carbons (Fsp3) is 0.312. The van der Waals surface area contributed by atoms with Crippen LogP contribution in [0, 0.1) is 13.8 Å². The maximum atomic E-state index is 6.58. The number of fused-ring (bicyclic) bond motifs is 1. The molecular weight excluding hydrogens is 266 g/mol. The van der Waals surface area contributed by atoms with Gasteiger partial charge in [-0.2, -0.15) is 0 Å². The average Bonchev–Trinajstić information content (AvgIpc) is 2.92. The second-order valence-corrected chi connectivity index (χ2v) is 6.61. The third-order valence-electron chi connectivity index (χ3n) is 3.70. The summed E-state index contributed by atoms with van der Waals surface area (Å²) in [6, 6.07) is 6.46. The first kappa shape index (κ1) is 13.3. The molecule has 0 bridgehead atoms. The lowest BCUT2D eigenvalue weighted by atomic mass is 9.85. The van der Waals surface area contributed by atoms with Crippen LogP contribution in [0.25, 0.3) is 4.96 Å². The summed E-state index contributed by atoms with van der Waals surface area (Å²) >= 11 is 1.65. The summed E-state index contributed by atoms with van der Waals surface area (Å²) in [5.74, 6) is 0. The minimum absolute atomic E-state index is 0.403. The van der Waals surface area contributed by atoms with Crippen molar-refractivity contribution in [3.63, 3.8) is 0 Å². The van der Waals surface area contributed by atoms with Gasteiger partial charge >= 0.3 is 0 Å². The van der Waals surface area contributed by atoms with Gasteiger partial charge in [0.05, 0.1) is 5.69 Å². The van der Waals surface area contributed by atoms with Crippen molar-refractivity contribution in [3.05, 3.63) is 58.4 Å². The zero-order valence-corrected chi connectivity index (χ0v) is 12.9. The summed E-state index contributed by atoms with van der Waals surface area (Å²) in [7, 11) is 0. The van der Waals surface area contributed by atoms with Crippen LogP contribution in [0.2, 0.25) is 0 Å². The van der Waals surface area contributed by atoms with E-state index in [1.807, 2.05) is 11.6 Å². The molecule has 0 aliphatic carbocycles. The van der Waals surface area contributed by atoms with Crippen molar-refractivity contribution in [1.29, 1.82) is 0 Å². The molecule has 2 N–H and O–H groups in total. The average molecular weight is 285 g/mol. The molecule has 2 aromatic heterocycles. The van der Waals surface area contributed by atoms with Crippen LogP contribution in [0.5, 0.6) is 0 Å². The fourth-order valence-electron chi connectivity index (χ4n) is 2.68. The van der Waals surface area contributed by atoms with Gasteiger partial charge < -0.3 is 5.73 Å². The number of nitrogens with two attached hydrogens (primary N) is 1. The van der Waals surface area contributed by atoms with E-state index < -0.39 is 5.54 Å². The topological polar surface area (TPSA) is 43.3 Å². The smallest absolute Gasteiger partial charge is 0.193 e. The van der Waals surface area contributed by atoms with Gasteiger partial charge in [-0.15, -0.1) is 11.3 Å². The molecule has 0 amide bonds. The van der Waals surface area contributed by atoms with Gasteiger partial charge in [-0.1, -0.05) is 23.8 Å². The lowest BCUT2D eigenvalue weighted by molar-refractivity contribution is 0.483. The molecule has 1 atom stereocenters. The normalized spacial score (nSPS) is 14.6. The summed E-state index contributed by atoms with van der Waals surface area (Å²) in [6.45, 7) is 6.31. The highest BCUT2D eigenvalue weighted by Crippen LogP contribution is 2.27. The Morgan fingerprint density at radius 3 is 2.90 bits per heavy atom. The molecule has 2 heterocycles. The number of nitrogens with zero attached hydrogens (tertiary/aromatic N) is 2. The maximum absolute atomic E-state index is 6.58. The van der Waals surface area contributed by atoms with Crippen LogP contribution in [-0.4, -0.2) is 9.38 Å². The number of hydrogen-bond donors (Lipinski definition) is 1. The first-order valence-electron chi connectivity index (χ1n) is 6.73. The van der Waals surface area contributed by atoms with Crippen LogP contribution in [0.4, 0.5) is 0 Å². The zero-order valence-electron chi connectivity index (χ0n) is 12.1. The minimum Gasteiger partial charge on any atom is -0.321 e. The van der Waals surface area contributed by atoms with Gasteiger partial charge in [0.25, 0.3) is 0 Å². The van der Waals surface area contributed by atoms with E-state index in [1.165, 1.54) is 16.7 Å². The van der Waals surface area contributed by atoms with E-state index >= 15 is 0 Å². The first-order valence-corrected chi connectivity index (χ1v) is 7.61. The highest BCUT2D eigenvalue weighted by molar-refractivity contribution is 7.15. The van der Waals surface area contributed by atoms with Gasteiger partial charge in [-0.3, -0.25) is 4.40 Å². The van der Waals surface area contributed by atoms with Crippen LogP contribution in [0.3, 0.4) is 0 Å². The van der Waals surface area contributed by atoms with E-state index in [4.69, 9.17) is 5.73 Å². The largest absolute Gasteiger partial charge is 0.321 e. The second kappa shape index (κ2) is 4.72. The van der Waals surface area contributed by atoms with Crippen molar-refractivity contribution in [2.24, 2.45) is 5.73 Å². The van der Waals surface area contributed by atoms with Crippen molar-refractivity contribution in [1.82, 2.24) is 9.38 Å². The number of benzene rings is 1. The molecule has 0 saturated carbocycles. The Balaban J connectivity index is 1.95. The van der Waals surface area contributed by atoms with E-state index in [9.17, 15) is 0 Å². The van der Waals surface area contributed by atoms with E-state index in [1.54, 1.807) is 11.3 Å². The fourth-order valence-corrected chi connectivity index (χ4v) is 3.40. The van der Waals surface area contributed by atoms with Gasteiger partial charge in [0.15, 0.2) is 4.96 Å². The first-order chi connectivity index (χ1) is 9.45. The highest BCUT2D eigenvalue weighted by atomic mass is 32.1. The van der Waals surface area contributed by atoms with Crippen LogP contribution >= 0.6 is 11.3 Å². The summed E-state index contributed by atoms with van der Waals surface area (Å²) in [4.78, 5) is 5.66. The zero-order chi connectivity index (χ0) is 14.3. The quantitative estimate of drug-likeness (QED) is 0.801. The molecule has 4 heteroatoms. The Labute approximate surface area is 123 Å². The Morgan fingerprint density at radius 2 is 2.15 bits per heavy atom. The molecule has 0 saturated heterocycles. The highest BCUT2D eigenvalue weighted by Gasteiger charge is 2.25. The summed E-state index contributed by atoms with van der Waals surface area (Å²) < 4.78 is 2.05. The summed E-state index contributed by atoms with van der Waals surface area (Å²) in [6.07, 6.45) is 4.84. The predicted octanol–water partition coefficient (Wildman–Crippen LogP) is 3.43. The molecule has 104 valence electrons. The molecule has 0 aliphatic rings. The van der Waals surface area contributed by atoms with Crippen molar-refractivity contribution >= 4 is 16.3 Å². The molecule has 3 nitrogen and oxygen atoms in total. The lowest BCUT2D eigenvalue weighted by Crippen LogP contribution is -2.36. The molecule has 3 rings (SSSR count). The SMILES string of the molecule is Cc1ccc(C)c(C(C)(N)Cc2cn3ccsc3n2)c1. The number of hydrogen-bond acceptors (Lipinski definition) is 3. The number of aromatic nitrogens is 2. The van der Waals surface area contributed by atoms with Crippen LogP contribution in [-0.2, 0) is 12.0 Å². The van der Waals surface area contributed by atoms with Crippen molar-refractivity contribution in [3.8, 4) is 0 Å². The summed E-state index contributed by atoms with van der Waals surface area (Å²) in [5.41, 5.74) is 10.9. The van der Waals surface area contributed by atoms with Gasteiger partial charge in [-0.25, -0.2) is 4.98 Å². The molecule has 0 radical (unpaired) electrons. The maximum Gasteiger partial charge on any atom is 0.193 e. The van der Waals surface area contributed by atoms with E-state index in [2.05, 4.69) is 54.6 Å². The number of imidazole rings is 1. The van der Waals surface area contributed by atoms with Crippen LogP contribution in [0.1, 0.15) is 29.3 Å². The molecule has 1 aromatic carbocycles. The standard InChI is InChI=1S/C16H19N3S/c1-11-4-5-12(2)14(8-11)16(3,17)9-13-10-19-6-7-20-15(19)18-13/h4-8,10H,9,17H2,1-3H3. The Kier molecular flexibility index (Phi) is 3.15.